The Balaban J connectivity index is 1.64. The van der Waals surface area contributed by atoms with E-state index in [9.17, 15) is 4.79 Å². The third-order valence-electron chi connectivity index (χ3n) is 4.41. The SMILES string of the molecule is Cc1cc(C(=O)N2CCCCC2)nc(NCCc2ccc(Cl)cc2Cl)n1. The van der Waals surface area contributed by atoms with Crippen molar-refractivity contribution in [2.75, 3.05) is 25.0 Å². The number of halogens is 2. The molecule has 1 N–H and O–H groups in total. The Morgan fingerprint density at radius 3 is 2.65 bits per heavy atom. The largest absolute Gasteiger partial charge is 0.354 e. The Kier molecular flexibility index (Phi) is 6.33. The molecular formula is C19H22Cl2N4O. The summed E-state index contributed by atoms with van der Waals surface area (Å²) in [6.07, 6.45) is 4.01. The number of rotatable bonds is 5. The molecule has 0 bridgehead atoms. The zero-order valence-corrected chi connectivity index (χ0v) is 16.3. The van der Waals surface area contributed by atoms with Crippen LogP contribution in [0.3, 0.4) is 0 Å². The first-order valence-electron chi connectivity index (χ1n) is 8.86. The van der Waals surface area contributed by atoms with Gasteiger partial charge in [0, 0.05) is 35.4 Å². The minimum absolute atomic E-state index is 0.0148. The van der Waals surface area contributed by atoms with Crippen molar-refractivity contribution in [2.45, 2.75) is 32.6 Å². The maximum atomic E-state index is 12.7. The van der Waals surface area contributed by atoms with Crippen LogP contribution in [0.25, 0.3) is 0 Å². The Hall–Kier alpha value is -1.85. The molecule has 26 heavy (non-hydrogen) atoms. The number of anilines is 1. The number of aromatic nitrogens is 2. The second kappa shape index (κ2) is 8.69. The number of piperidine rings is 1. The van der Waals surface area contributed by atoms with Gasteiger partial charge in [0.25, 0.3) is 5.91 Å². The minimum atomic E-state index is -0.0148. The molecule has 2 heterocycles. The molecule has 7 heteroatoms. The maximum absolute atomic E-state index is 12.7. The summed E-state index contributed by atoms with van der Waals surface area (Å²) < 4.78 is 0. The van der Waals surface area contributed by atoms with Gasteiger partial charge in [0.05, 0.1) is 0 Å². The molecule has 1 aliphatic rings. The number of hydrogen-bond acceptors (Lipinski definition) is 4. The van der Waals surface area contributed by atoms with Gasteiger partial charge >= 0.3 is 0 Å². The normalized spacial score (nSPS) is 14.3. The van der Waals surface area contributed by atoms with Crippen LogP contribution < -0.4 is 5.32 Å². The van der Waals surface area contributed by atoms with Crippen molar-refractivity contribution in [3.8, 4) is 0 Å². The number of carbonyl (C=O) groups excluding carboxylic acids is 1. The molecule has 1 fully saturated rings. The van der Waals surface area contributed by atoms with Crippen LogP contribution in [0.4, 0.5) is 5.95 Å². The lowest BCUT2D eigenvalue weighted by atomic mass is 10.1. The predicted molar refractivity (Wildman–Crippen MR) is 105 cm³/mol. The van der Waals surface area contributed by atoms with Crippen LogP contribution in [0.15, 0.2) is 24.3 Å². The number of aryl methyl sites for hydroxylation is 1. The first-order valence-corrected chi connectivity index (χ1v) is 9.61. The van der Waals surface area contributed by atoms with Crippen molar-refractivity contribution in [2.24, 2.45) is 0 Å². The van der Waals surface area contributed by atoms with Gasteiger partial charge < -0.3 is 10.2 Å². The third-order valence-corrected chi connectivity index (χ3v) is 5.00. The number of benzene rings is 1. The molecule has 5 nitrogen and oxygen atoms in total. The number of carbonyl (C=O) groups is 1. The van der Waals surface area contributed by atoms with E-state index in [4.69, 9.17) is 23.2 Å². The minimum Gasteiger partial charge on any atom is -0.354 e. The van der Waals surface area contributed by atoms with Gasteiger partial charge in [-0.15, -0.1) is 0 Å². The quantitative estimate of drug-likeness (QED) is 0.820. The average molecular weight is 393 g/mol. The van der Waals surface area contributed by atoms with Crippen molar-refractivity contribution in [1.82, 2.24) is 14.9 Å². The molecule has 1 amide bonds. The topological polar surface area (TPSA) is 58.1 Å². The van der Waals surface area contributed by atoms with Gasteiger partial charge in [0.2, 0.25) is 5.95 Å². The molecule has 2 aromatic rings. The summed E-state index contributed by atoms with van der Waals surface area (Å²) in [6.45, 7) is 4.09. The van der Waals surface area contributed by atoms with Gasteiger partial charge in [0.1, 0.15) is 5.69 Å². The lowest BCUT2D eigenvalue weighted by molar-refractivity contribution is 0.0718. The van der Waals surface area contributed by atoms with E-state index in [2.05, 4.69) is 15.3 Å². The molecule has 0 unspecified atom stereocenters. The van der Waals surface area contributed by atoms with Crippen LogP contribution in [-0.2, 0) is 6.42 Å². The molecule has 138 valence electrons. The van der Waals surface area contributed by atoms with Crippen LogP contribution in [0.1, 0.15) is 41.0 Å². The standard InChI is InChI=1S/C19H22Cl2N4O/c1-13-11-17(18(26)25-9-3-2-4-10-25)24-19(23-13)22-8-7-14-5-6-15(20)12-16(14)21/h5-6,11-12H,2-4,7-10H2,1H3,(H,22,23,24). The predicted octanol–water partition coefficient (Wildman–Crippen LogP) is 4.37. The third kappa shape index (κ3) is 4.86. The van der Waals surface area contributed by atoms with E-state index in [-0.39, 0.29) is 5.91 Å². The molecule has 1 saturated heterocycles. The van der Waals surface area contributed by atoms with E-state index in [1.165, 1.54) is 6.42 Å². The fourth-order valence-electron chi connectivity index (χ4n) is 3.05. The van der Waals surface area contributed by atoms with E-state index in [1.807, 2.05) is 24.0 Å². The van der Waals surface area contributed by atoms with Gasteiger partial charge in [-0.05, 0) is 56.4 Å². The van der Waals surface area contributed by atoms with E-state index < -0.39 is 0 Å². The zero-order valence-electron chi connectivity index (χ0n) is 14.8. The van der Waals surface area contributed by atoms with E-state index in [0.717, 1.165) is 37.2 Å². The van der Waals surface area contributed by atoms with Crippen molar-refractivity contribution >= 4 is 35.1 Å². The van der Waals surface area contributed by atoms with E-state index >= 15 is 0 Å². The fourth-order valence-corrected chi connectivity index (χ4v) is 3.55. The maximum Gasteiger partial charge on any atom is 0.272 e. The van der Waals surface area contributed by atoms with Crippen LogP contribution >= 0.6 is 23.2 Å². The van der Waals surface area contributed by atoms with Crippen LogP contribution in [0.5, 0.6) is 0 Å². The molecule has 0 saturated carbocycles. The van der Waals surface area contributed by atoms with Gasteiger partial charge in [-0.3, -0.25) is 4.79 Å². The molecule has 1 aromatic carbocycles. The summed E-state index contributed by atoms with van der Waals surface area (Å²) in [5, 5.41) is 4.45. The smallest absolute Gasteiger partial charge is 0.272 e. The molecule has 3 rings (SSSR count). The highest BCUT2D eigenvalue weighted by atomic mass is 35.5. The number of nitrogens with one attached hydrogen (secondary N) is 1. The van der Waals surface area contributed by atoms with Gasteiger partial charge in [-0.25, -0.2) is 9.97 Å². The van der Waals surface area contributed by atoms with Crippen LogP contribution in [0, 0.1) is 6.92 Å². The fraction of sp³-hybridized carbons (Fsp3) is 0.421. The van der Waals surface area contributed by atoms with Crippen molar-refractivity contribution in [1.29, 1.82) is 0 Å². The first kappa shape index (κ1) is 18.9. The van der Waals surface area contributed by atoms with Crippen molar-refractivity contribution in [3.63, 3.8) is 0 Å². The molecule has 1 aliphatic heterocycles. The van der Waals surface area contributed by atoms with Crippen LogP contribution in [0.2, 0.25) is 10.0 Å². The number of hydrogen-bond donors (Lipinski definition) is 1. The van der Waals surface area contributed by atoms with Crippen LogP contribution in [-0.4, -0.2) is 40.4 Å². The lowest BCUT2D eigenvalue weighted by Crippen LogP contribution is -2.36. The second-order valence-electron chi connectivity index (χ2n) is 6.48. The van der Waals surface area contributed by atoms with E-state index in [0.29, 0.717) is 34.7 Å². The molecule has 1 aromatic heterocycles. The Bertz CT molecular complexity index is 791. The van der Waals surface area contributed by atoms with Gasteiger partial charge in [-0.1, -0.05) is 29.3 Å². The van der Waals surface area contributed by atoms with Gasteiger partial charge in [-0.2, -0.15) is 0 Å². The molecule has 0 spiro atoms. The molecular weight excluding hydrogens is 371 g/mol. The number of amides is 1. The Labute approximate surface area is 163 Å². The lowest BCUT2D eigenvalue weighted by Gasteiger charge is -2.26. The summed E-state index contributed by atoms with van der Waals surface area (Å²) in [5.74, 6) is 0.453. The highest BCUT2D eigenvalue weighted by Crippen LogP contribution is 2.21. The highest BCUT2D eigenvalue weighted by molar-refractivity contribution is 6.35. The summed E-state index contributed by atoms with van der Waals surface area (Å²) in [7, 11) is 0. The van der Waals surface area contributed by atoms with Crippen molar-refractivity contribution in [3.05, 3.63) is 51.3 Å². The Morgan fingerprint density at radius 2 is 1.92 bits per heavy atom. The highest BCUT2D eigenvalue weighted by Gasteiger charge is 2.20. The first-order chi connectivity index (χ1) is 12.5. The summed E-state index contributed by atoms with van der Waals surface area (Å²) in [6, 6.07) is 7.21. The monoisotopic (exact) mass is 392 g/mol. The van der Waals surface area contributed by atoms with E-state index in [1.54, 1.807) is 12.1 Å². The summed E-state index contributed by atoms with van der Waals surface area (Å²) >= 11 is 12.1. The summed E-state index contributed by atoms with van der Waals surface area (Å²) in [5.41, 5.74) is 2.22. The Morgan fingerprint density at radius 1 is 1.15 bits per heavy atom. The zero-order chi connectivity index (χ0) is 18.5. The molecule has 0 aliphatic carbocycles. The van der Waals surface area contributed by atoms with Crippen molar-refractivity contribution < 1.29 is 4.79 Å². The summed E-state index contributed by atoms with van der Waals surface area (Å²) in [4.78, 5) is 23.3. The molecule has 0 atom stereocenters. The van der Waals surface area contributed by atoms with Gasteiger partial charge in [0.15, 0.2) is 0 Å². The average Bonchev–Trinajstić information content (AvgIpc) is 2.63. The number of nitrogens with zero attached hydrogens (tertiary/aromatic N) is 3. The molecule has 0 radical (unpaired) electrons. The second-order valence-corrected chi connectivity index (χ2v) is 7.33. The number of likely N-dealkylation sites (tertiary alicyclic amines) is 1.